The van der Waals surface area contributed by atoms with Crippen molar-refractivity contribution in [2.75, 3.05) is 0 Å². The Morgan fingerprint density at radius 2 is 1.62 bits per heavy atom. The van der Waals surface area contributed by atoms with Gasteiger partial charge in [0.15, 0.2) is 0 Å². The fourth-order valence-corrected chi connectivity index (χ4v) is 2.45. The molecule has 0 saturated heterocycles. The summed E-state index contributed by atoms with van der Waals surface area (Å²) in [6.45, 7) is 13.5. The summed E-state index contributed by atoms with van der Waals surface area (Å²) in [5.41, 5.74) is 0. The van der Waals surface area contributed by atoms with Crippen LogP contribution in [-0.4, -0.2) is 4.87 Å². The topological polar surface area (TPSA) is 0 Å². The second kappa shape index (κ2) is 5.24. The smallest absolute Gasteiger partial charge is 0.0449 e. The van der Waals surface area contributed by atoms with E-state index >= 15 is 0 Å². The van der Waals surface area contributed by atoms with Gasteiger partial charge in [-0.2, -0.15) is 0 Å². The standard InChI is InChI=1S/C12H25Cl/c1-7-10(4)11(5)12(6,13)8-9(2)3/h9-11H,7-8H2,1-6H3. The average molecular weight is 205 g/mol. The molecule has 0 heterocycles. The fourth-order valence-electron chi connectivity index (χ4n) is 1.93. The zero-order valence-corrected chi connectivity index (χ0v) is 10.8. The third kappa shape index (κ3) is 4.35. The van der Waals surface area contributed by atoms with Crippen LogP contribution in [0.1, 0.15) is 54.4 Å². The minimum atomic E-state index is -0.0242. The Morgan fingerprint density at radius 3 is 1.92 bits per heavy atom. The molecule has 0 aliphatic heterocycles. The third-order valence-corrected chi connectivity index (χ3v) is 3.75. The van der Waals surface area contributed by atoms with E-state index in [0.29, 0.717) is 11.8 Å². The molecule has 0 rings (SSSR count). The number of rotatable bonds is 5. The highest BCUT2D eigenvalue weighted by molar-refractivity contribution is 6.23. The van der Waals surface area contributed by atoms with Crippen molar-refractivity contribution in [3.8, 4) is 0 Å². The van der Waals surface area contributed by atoms with Gasteiger partial charge in [0.1, 0.15) is 0 Å². The van der Waals surface area contributed by atoms with Crippen LogP contribution in [-0.2, 0) is 0 Å². The van der Waals surface area contributed by atoms with Crippen LogP contribution < -0.4 is 0 Å². The summed E-state index contributed by atoms with van der Waals surface area (Å²) in [5.74, 6) is 2.01. The lowest BCUT2D eigenvalue weighted by Crippen LogP contribution is -2.32. The van der Waals surface area contributed by atoms with Crippen molar-refractivity contribution in [1.29, 1.82) is 0 Å². The number of alkyl halides is 1. The van der Waals surface area contributed by atoms with Gasteiger partial charge in [0.2, 0.25) is 0 Å². The Morgan fingerprint density at radius 1 is 1.15 bits per heavy atom. The van der Waals surface area contributed by atoms with Crippen molar-refractivity contribution in [2.24, 2.45) is 17.8 Å². The van der Waals surface area contributed by atoms with Gasteiger partial charge in [-0.3, -0.25) is 0 Å². The maximum atomic E-state index is 6.56. The van der Waals surface area contributed by atoms with E-state index in [-0.39, 0.29) is 4.87 Å². The van der Waals surface area contributed by atoms with Gasteiger partial charge < -0.3 is 0 Å². The van der Waals surface area contributed by atoms with Gasteiger partial charge in [-0.15, -0.1) is 11.6 Å². The average Bonchev–Trinajstić information content (AvgIpc) is 1.99. The van der Waals surface area contributed by atoms with E-state index in [1.165, 1.54) is 6.42 Å². The zero-order chi connectivity index (χ0) is 10.6. The molecule has 3 atom stereocenters. The first kappa shape index (κ1) is 13.3. The quantitative estimate of drug-likeness (QED) is 0.569. The third-order valence-electron chi connectivity index (χ3n) is 3.25. The fraction of sp³-hybridized carbons (Fsp3) is 1.00. The first-order valence-electron chi connectivity index (χ1n) is 5.50. The molecule has 0 spiro atoms. The van der Waals surface area contributed by atoms with Crippen molar-refractivity contribution >= 4 is 11.6 Å². The molecule has 0 aromatic rings. The summed E-state index contributed by atoms with van der Waals surface area (Å²) in [5, 5.41) is 0. The molecular formula is C12H25Cl. The normalized spacial score (nSPS) is 21.2. The van der Waals surface area contributed by atoms with E-state index in [0.717, 1.165) is 12.3 Å². The molecule has 0 aliphatic rings. The van der Waals surface area contributed by atoms with E-state index in [9.17, 15) is 0 Å². The summed E-state index contributed by atoms with van der Waals surface area (Å²) in [7, 11) is 0. The monoisotopic (exact) mass is 204 g/mol. The summed E-state index contributed by atoms with van der Waals surface area (Å²) in [6, 6.07) is 0. The summed E-state index contributed by atoms with van der Waals surface area (Å²) in [6.07, 6.45) is 2.33. The van der Waals surface area contributed by atoms with Gasteiger partial charge in [-0.05, 0) is 31.1 Å². The second-order valence-electron chi connectivity index (χ2n) is 5.05. The van der Waals surface area contributed by atoms with Crippen molar-refractivity contribution in [1.82, 2.24) is 0 Å². The van der Waals surface area contributed by atoms with Crippen molar-refractivity contribution in [2.45, 2.75) is 59.3 Å². The van der Waals surface area contributed by atoms with Crippen molar-refractivity contribution < 1.29 is 0 Å². The Balaban J connectivity index is 4.25. The number of hydrogen-bond acceptors (Lipinski definition) is 0. The van der Waals surface area contributed by atoms with Crippen LogP contribution in [0.5, 0.6) is 0 Å². The molecule has 3 unspecified atom stereocenters. The van der Waals surface area contributed by atoms with Crippen LogP contribution in [0.4, 0.5) is 0 Å². The van der Waals surface area contributed by atoms with E-state index in [1.807, 2.05) is 0 Å². The van der Waals surface area contributed by atoms with Crippen LogP contribution >= 0.6 is 11.6 Å². The van der Waals surface area contributed by atoms with E-state index < -0.39 is 0 Å². The molecule has 1 heteroatoms. The summed E-state index contributed by atoms with van der Waals surface area (Å²) in [4.78, 5) is -0.0242. The molecule has 0 saturated carbocycles. The van der Waals surface area contributed by atoms with Gasteiger partial charge in [0.05, 0.1) is 0 Å². The minimum Gasteiger partial charge on any atom is -0.119 e. The second-order valence-corrected chi connectivity index (χ2v) is 5.91. The molecular weight excluding hydrogens is 180 g/mol. The Labute approximate surface area is 89.1 Å². The number of hydrogen-bond donors (Lipinski definition) is 0. The first-order valence-corrected chi connectivity index (χ1v) is 5.88. The summed E-state index contributed by atoms with van der Waals surface area (Å²) >= 11 is 6.56. The van der Waals surface area contributed by atoms with E-state index in [1.54, 1.807) is 0 Å². The van der Waals surface area contributed by atoms with Crippen LogP contribution in [0.25, 0.3) is 0 Å². The van der Waals surface area contributed by atoms with Crippen LogP contribution in [0.3, 0.4) is 0 Å². The molecule has 13 heavy (non-hydrogen) atoms. The molecule has 0 amide bonds. The Kier molecular flexibility index (Phi) is 5.36. The van der Waals surface area contributed by atoms with Crippen molar-refractivity contribution in [3.63, 3.8) is 0 Å². The predicted octanol–water partition coefficient (Wildman–Crippen LogP) is 4.71. The van der Waals surface area contributed by atoms with Gasteiger partial charge in [-0.1, -0.05) is 41.0 Å². The van der Waals surface area contributed by atoms with Gasteiger partial charge in [0, 0.05) is 4.87 Å². The first-order chi connectivity index (χ1) is 5.81. The van der Waals surface area contributed by atoms with E-state index in [4.69, 9.17) is 11.6 Å². The highest BCUT2D eigenvalue weighted by Crippen LogP contribution is 2.37. The van der Waals surface area contributed by atoms with E-state index in [2.05, 4.69) is 41.5 Å². The molecule has 0 bridgehead atoms. The molecule has 0 aromatic heterocycles. The Hall–Kier alpha value is 0.290. The lowest BCUT2D eigenvalue weighted by atomic mass is 9.79. The molecule has 0 fully saturated rings. The molecule has 80 valence electrons. The minimum absolute atomic E-state index is 0.0242. The maximum absolute atomic E-state index is 6.56. The van der Waals surface area contributed by atoms with Crippen LogP contribution in [0, 0.1) is 17.8 Å². The lowest BCUT2D eigenvalue weighted by molar-refractivity contribution is 0.265. The molecule has 0 radical (unpaired) electrons. The highest BCUT2D eigenvalue weighted by Gasteiger charge is 2.32. The Bertz CT molecular complexity index is 138. The molecule has 0 N–H and O–H groups in total. The number of halogens is 1. The SMILES string of the molecule is CCC(C)C(C)C(C)(Cl)CC(C)C. The maximum Gasteiger partial charge on any atom is 0.0449 e. The van der Waals surface area contributed by atoms with Crippen molar-refractivity contribution in [3.05, 3.63) is 0 Å². The van der Waals surface area contributed by atoms with Crippen LogP contribution in [0.15, 0.2) is 0 Å². The van der Waals surface area contributed by atoms with Gasteiger partial charge >= 0.3 is 0 Å². The van der Waals surface area contributed by atoms with Gasteiger partial charge in [0.25, 0.3) is 0 Å². The highest BCUT2D eigenvalue weighted by atomic mass is 35.5. The lowest BCUT2D eigenvalue weighted by Gasteiger charge is -2.34. The predicted molar refractivity (Wildman–Crippen MR) is 62.3 cm³/mol. The zero-order valence-electron chi connectivity index (χ0n) is 10.0. The molecule has 0 nitrogen and oxygen atoms in total. The van der Waals surface area contributed by atoms with Gasteiger partial charge in [-0.25, -0.2) is 0 Å². The molecule has 0 aliphatic carbocycles. The van der Waals surface area contributed by atoms with Crippen LogP contribution in [0.2, 0.25) is 0 Å². The largest absolute Gasteiger partial charge is 0.119 e. The summed E-state index contributed by atoms with van der Waals surface area (Å²) < 4.78 is 0. The molecule has 0 aromatic carbocycles.